The SMILES string of the molecule is Cc1cc(OCC(=O)NCc2ccc3c(c2)OCO3)nc2c1c(-c1ccccc1)nn2C. The number of benzene rings is 2. The van der Waals surface area contributed by atoms with Crippen molar-refractivity contribution in [1.82, 2.24) is 20.1 Å². The van der Waals surface area contributed by atoms with Gasteiger partial charge in [-0.05, 0) is 30.2 Å². The maximum absolute atomic E-state index is 12.3. The van der Waals surface area contributed by atoms with Crippen LogP contribution in [-0.2, 0) is 18.4 Å². The summed E-state index contributed by atoms with van der Waals surface area (Å²) in [4.78, 5) is 16.9. The predicted octanol–water partition coefficient (Wildman–Crippen LogP) is 3.37. The third kappa shape index (κ3) is 3.82. The van der Waals surface area contributed by atoms with Gasteiger partial charge in [0.05, 0.1) is 5.39 Å². The summed E-state index contributed by atoms with van der Waals surface area (Å²) < 4.78 is 18.1. The van der Waals surface area contributed by atoms with Crippen LogP contribution in [-0.4, -0.2) is 34.1 Å². The highest BCUT2D eigenvalue weighted by atomic mass is 16.7. The third-order valence-electron chi connectivity index (χ3n) is 5.29. The van der Waals surface area contributed by atoms with Gasteiger partial charge in [0.25, 0.3) is 5.91 Å². The molecule has 0 fully saturated rings. The quantitative estimate of drug-likeness (QED) is 0.505. The fourth-order valence-corrected chi connectivity index (χ4v) is 3.71. The smallest absolute Gasteiger partial charge is 0.258 e. The van der Waals surface area contributed by atoms with E-state index in [1.807, 2.05) is 68.6 Å². The highest BCUT2D eigenvalue weighted by Crippen LogP contribution is 2.33. The molecule has 0 bridgehead atoms. The van der Waals surface area contributed by atoms with Gasteiger partial charge in [0.15, 0.2) is 23.8 Å². The number of aromatic nitrogens is 3. The van der Waals surface area contributed by atoms with Crippen molar-refractivity contribution in [1.29, 1.82) is 0 Å². The molecule has 8 nitrogen and oxygen atoms in total. The zero-order valence-electron chi connectivity index (χ0n) is 17.8. The van der Waals surface area contributed by atoms with Crippen molar-refractivity contribution in [2.24, 2.45) is 7.05 Å². The lowest BCUT2D eigenvalue weighted by Gasteiger charge is -2.09. The summed E-state index contributed by atoms with van der Waals surface area (Å²) in [6.45, 7) is 2.45. The van der Waals surface area contributed by atoms with E-state index in [1.54, 1.807) is 4.68 Å². The number of hydrogen-bond donors (Lipinski definition) is 1. The summed E-state index contributed by atoms with van der Waals surface area (Å²) in [7, 11) is 1.85. The maximum atomic E-state index is 12.3. The molecule has 8 heteroatoms. The number of fused-ring (bicyclic) bond motifs is 2. The van der Waals surface area contributed by atoms with Crippen LogP contribution in [0.4, 0.5) is 0 Å². The Morgan fingerprint density at radius 3 is 2.78 bits per heavy atom. The number of nitrogens with zero attached hydrogens (tertiary/aromatic N) is 3. The second kappa shape index (κ2) is 8.22. The molecule has 2 aromatic carbocycles. The molecule has 0 atom stereocenters. The largest absolute Gasteiger partial charge is 0.468 e. The van der Waals surface area contributed by atoms with Gasteiger partial charge < -0.3 is 19.5 Å². The Labute approximate surface area is 184 Å². The van der Waals surface area contributed by atoms with Gasteiger partial charge in [-0.3, -0.25) is 4.79 Å². The lowest BCUT2D eigenvalue weighted by atomic mass is 10.1. The van der Waals surface area contributed by atoms with Crippen LogP contribution in [0.5, 0.6) is 17.4 Å². The van der Waals surface area contributed by atoms with Gasteiger partial charge in [-0.15, -0.1) is 0 Å². The Hall–Kier alpha value is -4.07. The van der Waals surface area contributed by atoms with Crippen molar-refractivity contribution in [3.05, 3.63) is 65.7 Å². The van der Waals surface area contributed by atoms with Crippen molar-refractivity contribution >= 4 is 16.9 Å². The van der Waals surface area contributed by atoms with Crippen LogP contribution in [0, 0.1) is 6.92 Å². The van der Waals surface area contributed by atoms with E-state index in [-0.39, 0.29) is 19.3 Å². The van der Waals surface area contributed by atoms with Crippen LogP contribution in [0.3, 0.4) is 0 Å². The molecular weight excluding hydrogens is 408 g/mol. The highest BCUT2D eigenvalue weighted by Gasteiger charge is 2.17. The van der Waals surface area contributed by atoms with Crippen molar-refractivity contribution < 1.29 is 19.0 Å². The summed E-state index contributed by atoms with van der Waals surface area (Å²) in [6.07, 6.45) is 0. The van der Waals surface area contributed by atoms with Gasteiger partial charge >= 0.3 is 0 Å². The Morgan fingerprint density at radius 1 is 1.12 bits per heavy atom. The first kappa shape index (κ1) is 19.9. The van der Waals surface area contributed by atoms with Crippen molar-refractivity contribution in [3.8, 4) is 28.6 Å². The number of nitrogens with one attached hydrogen (secondary N) is 1. The summed E-state index contributed by atoms with van der Waals surface area (Å²) in [5.74, 6) is 1.55. The first-order chi connectivity index (χ1) is 15.6. The Kier molecular flexibility index (Phi) is 5.10. The van der Waals surface area contributed by atoms with Crippen molar-refractivity contribution in [2.75, 3.05) is 13.4 Å². The van der Waals surface area contributed by atoms with E-state index in [9.17, 15) is 4.79 Å². The summed E-state index contributed by atoms with van der Waals surface area (Å²) in [6, 6.07) is 17.4. The second-order valence-corrected chi connectivity index (χ2v) is 7.57. The molecule has 0 saturated heterocycles. The van der Waals surface area contributed by atoms with Crippen LogP contribution >= 0.6 is 0 Å². The fourth-order valence-electron chi connectivity index (χ4n) is 3.71. The monoisotopic (exact) mass is 430 g/mol. The van der Waals surface area contributed by atoms with Crippen LogP contribution in [0.25, 0.3) is 22.3 Å². The number of amides is 1. The van der Waals surface area contributed by atoms with Gasteiger partial charge in [-0.1, -0.05) is 36.4 Å². The molecule has 32 heavy (non-hydrogen) atoms. The Balaban J connectivity index is 1.26. The number of aryl methyl sites for hydroxylation is 2. The van der Waals surface area contributed by atoms with E-state index in [0.29, 0.717) is 29.6 Å². The molecule has 2 aromatic heterocycles. The van der Waals surface area contributed by atoms with E-state index in [1.165, 1.54) is 0 Å². The van der Waals surface area contributed by atoms with Gasteiger partial charge in [-0.25, -0.2) is 4.68 Å². The van der Waals surface area contributed by atoms with Crippen LogP contribution < -0.4 is 19.5 Å². The van der Waals surface area contributed by atoms with Gasteiger partial charge in [0.2, 0.25) is 12.7 Å². The number of ether oxygens (including phenoxy) is 3. The topological polar surface area (TPSA) is 87.5 Å². The number of hydrogen-bond acceptors (Lipinski definition) is 6. The first-order valence-corrected chi connectivity index (χ1v) is 10.3. The molecule has 1 amide bonds. The number of rotatable bonds is 6. The number of carbonyl (C=O) groups excluding carboxylic acids is 1. The first-order valence-electron chi connectivity index (χ1n) is 10.3. The third-order valence-corrected chi connectivity index (χ3v) is 5.29. The molecule has 5 rings (SSSR count). The molecule has 0 aliphatic carbocycles. The molecule has 3 heterocycles. The molecule has 162 valence electrons. The maximum Gasteiger partial charge on any atom is 0.258 e. The zero-order chi connectivity index (χ0) is 22.1. The Morgan fingerprint density at radius 2 is 1.94 bits per heavy atom. The molecule has 4 aromatic rings. The van der Waals surface area contributed by atoms with Gasteiger partial charge in [0.1, 0.15) is 5.69 Å². The minimum atomic E-state index is -0.239. The Bertz CT molecular complexity index is 1300. The summed E-state index contributed by atoms with van der Waals surface area (Å²) in [5.41, 5.74) is 4.51. The normalized spacial score (nSPS) is 12.2. The molecule has 1 aliphatic heterocycles. The highest BCUT2D eigenvalue weighted by molar-refractivity contribution is 5.94. The summed E-state index contributed by atoms with van der Waals surface area (Å²) in [5, 5.41) is 8.46. The van der Waals surface area contributed by atoms with Gasteiger partial charge in [0, 0.05) is 25.2 Å². The minimum absolute atomic E-state index is 0.133. The van der Waals surface area contributed by atoms with E-state index < -0.39 is 0 Å². The standard InChI is InChI=1S/C24H22N4O4/c1-15-10-21(26-24-22(15)23(27-28(24)2)17-6-4-3-5-7-17)30-13-20(29)25-12-16-8-9-18-19(11-16)32-14-31-18/h3-11H,12-14H2,1-2H3,(H,25,29). The van der Waals surface area contributed by atoms with E-state index >= 15 is 0 Å². The van der Waals surface area contributed by atoms with E-state index in [4.69, 9.17) is 14.2 Å². The molecule has 0 radical (unpaired) electrons. The molecule has 0 saturated carbocycles. The molecule has 0 unspecified atom stereocenters. The lowest BCUT2D eigenvalue weighted by Crippen LogP contribution is -2.28. The second-order valence-electron chi connectivity index (χ2n) is 7.57. The fraction of sp³-hybridized carbons (Fsp3) is 0.208. The average molecular weight is 430 g/mol. The molecular formula is C24H22N4O4. The molecule has 0 spiro atoms. The van der Waals surface area contributed by atoms with Crippen molar-refractivity contribution in [3.63, 3.8) is 0 Å². The van der Waals surface area contributed by atoms with Gasteiger partial charge in [-0.2, -0.15) is 10.1 Å². The van der Waals surface area contributed by atoms with Crippen LogP contribution in [0.2, 0.25) is 0 Å². The molecule has 1 N–H and O–H groups in total. The molecule has 1 aliphatic rings. The number of pyridine rings is 1. The number of carbonyl (C=O) groups is 1. The zero-order valence-corrected chi connectivity index (χ0v) is 17.8. The predicted molar refractivity (Wildman–Crippen MR) is 119 cm³/mol. The lowest BCUT2D eigenvalue weighted by molar-refractivity contribution is -0.123. The van der Waals surface area contributed by atoms with Crippen LogP contribution in [0.15, 0.2) is 54.6 Å². The van der Waals surface area contributed by atoms with Crippen LogP contribution in [0.1, 0.15) is 11.1 Å². The van der Waals surface area contributed by atoms with E-state index in [0.717, 1.165) is 27.8 Å². The summed E-state index contributed by atoms with van der Waals surface area (Å²) >= 11 is 0. The average Bonchev–Trinajstić information content (AvgIpc) is 3.41. The van der Waals surface area contributed by atoms with E-state index in [2.05, 4.69) is 15.4 Å². The minimum Gasteiger partial charge on any atom is -0.468 e. The van der Waals surface area contributed by atoms with Crippen molar-refractivity contribution in [2.45, 2.75) is 13.5 Å².